The third-order valence-electron chi connectivity index (χ3n) is 3.37. The van der Waals surface area contributed by atoms with E-state index in [9.17, 15) is 4.79 Å². The van der Waals surface area contributed by atoms with Crippen molar-refractivity contribution in [1.82, 2.24) is 0 Å². The molecule has 1 amide bonds. The van der Waals surface area contributed by atoms with Gasteiger partial charge in [-0.1, -0.05) is 27.5 Å². The summed E-state index contributed by atoms with van der Waals surface area (Å²) in [5.41, 5.74) is 0.665. The summed E-state index contributed by atoms with van der Waals surface area (Å²) in [6, 6.07) is 21.5. The molecule has 0 spiro atoms. The van der Waals surface area contributed by atoms with Crippen LogP contribution in [0.5, 0.6) is 17.2 Å². The van der Waals surface area contributed by atoms with Crippen molar-refractivity contribution in [2.45, 2.75) is 0 Å². The van der Waals surface area contributed by atoms with Gasteiger partial charge in [-0.15, -0.1) is 0 Å². The van der Waals surface area contributed by atoms with Crippen LogP contribution in [0.15, 0.2) is 77.3 Å². The second-order valence-corrected chi connectivity index (χ2v) is 6.72. The maximum absolute atomic E-state index is 12.0. The van der Waals surface area contributed by atoms with Crippen LogP contribution in [0.3, 0.4) is 0 Å². The van der Waals surface area contributed by atoms with Gasteiger partial charge >= 0.3 is 0 Å². The Hall–Kier alpha value is -2.50. The Labute approximate surface area is 164 Å². The number of anilines is 1. The van der Waals surface area contributed by atoms with Gasteiger partial charge in [-0.05, 0) is 72.8 Å². The molecule has 3 aromatic rings. The van der Waals surface area contributed by atoms with E-state index >= 15 is 0 Å². The molecule has 0 fully saturated rings. The van der Waals surface area contributed by atoms with Crippen LogP contribution in [-0.4, -0.2) is 12.5 Å². The van der Waals surface area contributed by atoms with Gasteiger partial charge in [-0.2, -0.15) is 0 Å². The zero-order valence-corrected chi connectivity index (χ0v) is 16.0. The average molecular weight is 433 g/mol. The van der Waals surface area contributed by atoms with E-state index < -0.39 is 0 Å². The molecule has 0 aromatic heterocycles. The highest BCUT2D eigenvalue weighted by molar-refractivity contribution is 9.10. The van der Waals surface area contributed by atoms with Gasteiger partial charge in [0.1, 0.15) is 17.2 Å². The van der Waals surface area contributed by atoms with Gasteiger partial charge < -0.3 is 14.8 Å². The maximum atomic E-state index is 12.0. The Kier molecular flexibility index (Phi) is 6.15. The van der Waals surface area contributed by atoms with E-state index in [4.69, 9.17) is 21.1 Å². The second-order valence-electron chi connectivity index (χ2n) is 5.37. The number of ether oxygens (including phenoxy) is 2. The lowest BCUT2D eigenvalue weighted by Crippen LogP contribution is -2.20. The number of amides is 1. The third kappa shape index (κ3) is 5.51. The first-order valence-corrected chi connectivity index (χ1v) is 8.97. The van der Waals surface area contributed by atoms with Crippen molar-refractivity contribution >= 4 is 39.1 Å². The highest BCUT2D eigenvalue weighted by Crippen LogP contribution is 2.24. The van der Waals surface area contributed by atoms with Crippen molar-refractivity contribution in [3.63, 3.8) is 0 Å². The van der Waals surface area contributed by atoms with Crippen LogP contribution in [0.1, 0.15) is 0 Å². The van der Waals surface area contributed by atoms with Gasteiger partial charge in [0, 0.05) is 15.2 Å². The highest BCUT2D eigenvalue weighted by Gasteiger charge is 2.05. The number of carbonyl (C=O) groups is 1. The van der Waals surface area contributed by atoms with E-state index in [0.29, 0.717) is 28.0 Å². The minimum Gasteiger partial charge on any atom is -0.484 e. The van der Waals surface area contributed by atoms with Gasteiger partial charge in [0.15, 0.2) is 6.61 Å². The average Bonchev–Trinajstić information content (AvgIpc) is 2.65. The van der Waals surface area contributed by atoms with E-state index in [0.717, 1.165) is 4.47 Å². The van der Waals surface area contributed by atoms with Gasteiger partial charge in [0.2, 0.25) is 0 Å². The summed E-state index contributed by atoms with van der Waals surface area (Å²) in [7, 11) is 0. The summed E-state index contributed by atoms with van der Waals surface area (Å²) in [6.45, 7) is -0.0648. The molecule has 132 valence electrons. The first kappa shape index (κ1) is 18.3. The van der Waals surface area contributed by atoms with Gasteiger partial charge in [-0.25, -0.2) is 0 Å². The molecule has 26 heavy (non-hydrogen) atoms. The molecule has 0 saturated heterocycles. The van der Waals surface area contributed by atoms with Gasteiger partial charge in [0.25, 0.3) is 5.91 Å². The molecular weight excluding hydrogens is 418 g/mol. The normalized spacial score (nSPS) is 10.2. The molecule has 0 atom stereocenters. The fourth-order valence-electron chi connectivity index (χ4n) is 2.12. The second kappa shape index (κ2) is 8.74. The lowest BCUT2D eigenvalue weighted by molar-refractivity contribution is -0.118. The summed E-state index contributed by atoms with van der Waals surface area (Å²) in [6.07, 6.45) is 0. The summed E-state index contributed by atoms with van der Waals surface area (Å²) < 4.78 is 12.1. The van der Waals surface area contributed by atoms with Crippen LogP contribution >= 0.6 is 27.5 Å². The van der Waals surface area contributed by atoms with Crippen LogP contribution in [0.2, 0.25) is 5.02 Å². The first-order chi connectivity index (χ1) is 12.6. The van der Waals surface area contributed by atoms with E-state index in [-0.39, 0.29) is 12.5 Å². The quantitative estimate of drug-likeness (QED) is 0.526. The van der Waals surface area contributed by atoms with Crippen LogP contribution < -0.4 is 14.8 Å². The number of benzene rings is 3. The van der Waals surface area contributed by atoms with Crippen LogP contribution in [0.25, 0.3) is 0 Å². The number of nitrogens with one attached hydrogen (secondary N) is 1. The van der Waals surface area contributed by atoms with E-state index in [2.05, 4.69) is 21.2 Å². The van der Waals surface area contributed by atoms with E-state index in [1.807, 2.05) is 12.1 Å². The Balaban J connectivity index is 1.50. The zero-order valence-electron chi connectivity index (χ0n) is 13.6. The Morgan fingerprint density at radius 3 is 2.00 bits per heavy atom. The van der Waals surface area contributed by atoms with Crippen molar-refractivity contribution in [1.29, 1.82) is 0 Å². The number of halogens is 2. The Bertz CT molecular complexity index is 865. The van der Waals surface area contributed by atoms with Crippen molar-refractivity contribution in [2.75, 3.05) is 11.9 Å². The standard InChI is InChI=1S/C20H15BrClNO3/c21-14-1-7-17(8-2-14)25-13-20(24)23-16-5-11-19(12-6-16)26-18-9-3-15(22)4-10-18/h1-12H,13H2,(H,23,24). The molecule has 0 heterocycles. The summed E-state index contributed by atoms with van der Waals surface area (Å²) in [4.78, 5) is 12.0. The van der Waals surface area contributed by atoms with Crippen LogP contribution in [0, 0.1) is 0 Å². The minimum absolute atomic E-state index is 0.0648. The molecule has 0 bridgehead atoms. The molecule has 3 rings (SSSR count). The molecule has 1 N–H and O–H groups in total. The fraction of sp³-hybridized carbons (Fsp3) is 0.0500. The lowest BCUT2D eigenvalue weighted by Gasteiger charge is -2.09. The summed E-state index contributed by atoms with van der Waals surface area (Å²) in [5.74, 6) is 1.75. The number of hydrogen-bond acceptors (Lipinski definition) is 3. The zero-order chi connectivity index (χ0) is 18.4. The van der Waals surface area contributed by atoms with E-state index in [1.54, 1.807) is 60.7 Å². The largest absolute Gasteiger partial charge is 0.484 e. The molecule has 0 aliphatic rings. The van der Waals surface area contributed by atoms with Crippen LogP contribution in [-0.2, 0) is 4.79 Å². The smallest absolute Gasteiger partial charge is 0.262 e. The molecule has 0 aliphatic heterocycles. The number of hydrogen-bond donors (Lipinski definition) is 1. The SMILES string of the molecule is O=C(COc1ccc(Br)cc1)Nc1ccc(Oc2ccc(Cl)cc2)cc1. The summed E-state index contributed by atoms with van der Waals surface area (Å²) in [5, 5.41) is 3.43. The van der Waals surface area contributed by atoms with Gasteiger partial charge in [0.05, 0.1) is 0 Å². The minimum atomic E-state index is -0.237. The first-order valence-electron chi connectivity index (χ1n) is 7.80. The van der Waals surface area contributed by atoms with Gasteiger partial charge in [-0.3, -0.25) is 4.79 Å². The third-order valence-corrected chi connectivity index (χ3v) is 4.15. The van der Waals surface area contributed by atoms with Crippen LogP contribution in [0.4, 0.5) is 5.69 Å². The molecule has 3 aromatic carbocycles. The molecule has 0 aliphatic carbocycles. The lowest BCUT2D eigenvalue weighted by atomic mass is 10.3. The van der Waals surface area contributed by atoms with Crippen molar-refractivity contribution in [2.24, 2.45) is 0 Å². The highest BCUT2D eigenvalue weighted by atomic mass is 79.9. The monoisotopic (exact) mass is 431 g/mol. The number of carbonyl (C=O) groups excluding carboxylic acids is 1. The summed E-state index contributed by atoms with van der Waals surface area (Å²) >= 11 is 9.20. The molecule has 6 heteroatoms. The van der Waals surface area contributed by atoms with E-state index in [1.165, 1.54) is 0 Å². The van der Waals surface area contributed by atoms with Crippen molar-refractivity contribution < 1.29 is 14.3 Å². The predicted molar refractivity (Wildman–Crippen MR) is 106 cm³/mol. The van der Waals surface area contributed by atoms with Crippen molar-refractivity contribution in [3.8, 4) is 17.2 Å². The Morgan fingerprint density at radius 2 is 1.38 bits per heavy atom. The molecular formula is C20H15BrClNO3. The molecule has 4 nitrogen and oxygen atoms in total. The fourth-order valence-corrected chi connectivity index (χ4v) is 2.51. The molecule has 0 unspecified atom stereocenters. The topological polar surface area (TPSA) is 47.6 Å². The molecule has 0 radical (unpaired) electrons. The molecule has 0 saturated carbocycles. The predicted octanol–water partition coefficient (Wildman–Crippen LogP) is 5.91. The number of rotatable bonds is 6. The maximum Gasteiger partial charge on any atom is 0.262 e. The Morgan fingerprint density at radius 1 is 0.846 bits per heavy atom. The van der Waals surface area contributed by atoms with Crippen molar-refractivity contribution in [3.05, 3.63) is 82.3 Å².